The van der Waals surface area contributed by atoms with E-state index < -0.39 is 70.8 Å². The third kappa shape index (κ3) is 5.42. The molecule has 0 heterocycles. The van der Waals surface area contributed by atoms with Crippen molar-refractivity contribution in [1.82, 2.24) is 0 Å². The molecule has 1 aromatic rings. The van der Waals surface area contributed by atoms with Gasteiger partial charge in [-0.25, -0.2) is 9.59 Å². The van der Waals surface area contributed by atoms with Crippen molar-refractivity contribution in [3.05, 3.63) is 22.2 Å². The Morgan fingerprint density at radius 1 is 0.839 bits per heavy atom. The van der Waals surface area contributed by atoms with Gasteiger partial charge < -0.3 is 17.8 Å². The van der Waals surface area contributed by atoms with Gasteiger partial charge in [0.1, 0.15) is 10.6 Å². The topological polar surface area (TPSA) is 139 Å². The molecule has 1 rings (SSSR count). The molecule has 0 aromatic heterocycles. The second-order valence-electron chi connectivity index (χ2n) is 4.89. The molecule has 0 aliphatic carbocycles. The summed E-state index contributed by atoms with van der Waals surface area (Å²) >= 11 is 5.47. The van der Waals surface area contributed by atoms with Crippen LogP contribution in [0, 0.1) is 0 Å². The van der Waals surface area contributed by atoms with E-state index >= 15 is 0 Å². The Bertz CT molecular complexity index is 1110. The molecule has 31 heavy (non-hydrogen) atoms. The zero-order chi connectivity index (χ0) is 24.6. The first-order chi connectivity index (χ1) is 13.8. The minimum atomic E-state index is -6.65. The van der Waals surface area contributed by atoms with Crippen molar-refractivity contribution in [2.75, 3.05) is 14.2 Å². The van der Waals surface area contributed by atoms with Crippen molar-refractivity contribution >= 4 is 43.8 Å². The third-order valence-corrected chi connectivity index (χ3v) is 5.22. The standard InChI is InChI=1S/C12H7ClF6O10S2/c1-26-9(20)4-3-5(28-30(22,23)11(14,15)16)7(13)8(6(4)10(21)27-2)29-31(24,25)12(17,18)19/h3H,1-2H3. The molecule has 19 heteroatoms. The third-order valence-electron chi connectivity index (χ3n) is 2.94. The largest absolute Gasteiger partial charge is 0.534 e. The number of carbonyl (C=O) groups is 2. The minimum Gasteiger partial charge on any atom is -0.465 e. The number of carbonyl (C=O) groups excluding carboxylic acids is 2. The number of halogens is 7. The second-order valence-corrected chi connectivity index (χ2v) is 8.34. The summed E-state index contributed by atoms with van der Waals surface area (Å²) in [6.07, 6.45) is 0. The number of rotatable bonds is 6. The van der Waals surface area contributed by atoms with E-state index in [2.05, 4.69) is 17.8 Å². The molecule has 0 unspecified atom stereocenters. The van der Waals surface area contributed by atoms with Crippen molar-refractivity contribution in [2.45, 2.75) is 11.0 Å². The van der Waals surface area contributed by atoms with Gasteiger partial charge in [0.25, 0.3) is 0 Å². The molecule has 0 bridgehead atoms. The van der Waals surface area contributed by atoms with Crippen LogP contribution < -0.4 is 8.37 Å². The molecule has 0 fully saturated rings. The summed E-state index contributed by atoms with van der Waals surface area (Å²) in [6.45, 7) is 0. The molecule has 0 N–H and O–H groups in total. The van der Waals surface area contributed by atoms with Gasteiger partial charge in [-0.05, 0) is 6.07 Å². The van der Waals surface area contributed by atoms with Crippen LogP contribution in [0.4, 0.5) is 26.3 Å². The van der Waals surface area contributed by atoms with Gasteiger partial charge in [0.05, 0.1) is 19.8 Å². The van der Waals surface area contributed by atoms with E-state index in [0.717, 1.165) is 0 Å². The first-order valence-corrected chi connectivity index (χ1v) is 10.0. The van der Waals surface area contributed by atoms with Gasteiger partial charge in [0.2, 0.25) is 0 Å². The molecule has 0 spiro atoms. The van der Waals surface area contributed by atoms with Gasteiger partial charge in [-0.15, -0.1) is 0 Å². The van der Waals surface area contributed by atoms with E-state index in [-0.39, 0.29) is 6.07 Å². The number of ether oxygens (including phenoxy) is 2. The van der Waals surface area contributed by atoms with Crippen LogP contribution in [0.5, 0.6) is 11.5 Å². The van der Waals surface area contributed by atoms with Crippen LogP contribution in [0.25, 0.3) is 0 Å². The van der Waals surface area contributed by atoms with Crippen molar-refractivity contribution in [3.8, 4) is 11.5 Å². The van der Waals surface area contributed by atoms with Gasteiger partial charge in [-0.1, -0.05) is 11.6 Å². The van der Waals surface area contributed by atoms with Crippen molar-refractivity contribution < 1.29 is 70.6 Å². The summed E-state index contributed by atoms with van der Waals surface area (Å²) in [5, 5.41) is -1.67. The quantitative estimate of drug-likeness (QED) is 0.236. The van der Waals surface area contributed by atoms with Crippen molar-refractivity contribution in [3.63, 3.8) is 0 Å². The van der Waals surface area contributed by atoms with Crippen LogP contribution in [0.15, 0.2) is 6.07 Å². The Labute approximate surface area is 173 Å². The molecular weight excluding hydrogens is 518 g/mol. The summed E-state index contributed by atoms with van der Waals surface area (Å²) in [5.41, 5.74) is -15.0. The number of esters is 2. The minimum absolute atomic E-state index is 0.0524. The van der Waals surface area contributed by atoms with Crippen LogP contribution in [-0.4, -0.2) is 54.0 Å². The molecule has 0 saturated carbocycles. The van der Waals surface area contributed by atoms with Crippen molar-refractivity contribution in [2.24, 2.45) is 0 Å². The monoisotopic (exact) mass is 524 g/mol. The zero-order valence-corrected chi connectivity index (χ0v) is 17.0. The fraction of sp³-hybridized carbons (Fsp3) is 0.333. The molecule has 10 nitrogen and oxygen atoms in total. The molecule has 1 aromatic carbocycles. The Morgan fingerprint density at radius 2 is 1.26 bits per heavy atom. The predicted molar refractivity (Wildman–Crippen MR) is 85.3 cm³/mol. The smallest absolute Gasteiger partial charge is 0.465 e. The Kier molecular flexibility index (Phi) is 7.35. The lowest BCUT2D eigenvalue weighted by Crippen LogP contribution is -2.30. The fourth-order valence-corrected chi connectivity index (χ4v) is 2.91. The summed E-state index contributed by atoms with van der Waals surface area (Å²) in [5.74, 6) is -7.08. The molecule has 0 saturated heterocycles. The molecule has 0 radical (unpaired) electrons. The summed E-state index contributed by atoms with van der Waals surface area (Å²) in [7, 11) is -11.9. The molecule has 0 aliphatic rings. The van der Waals surface area contributed by atoms with E-state index in [1.807, 2.05) is 0 Å². The normalized spacial score (nSPS) is 12.8. The van der Waals surface area contributed by atoms with Crippen LogP contribution in [0.3, 0.4) is 0 Å². The maximum absolute atomic E-state index is 12.7. The first kappa shape index (κ1) is 26.6. The average molecular weight is 525 g/mol. The zero-order valence-electron chi connectivity index (χ0n) is 14.6. The highest BCUT2D eigenvalue weighted by Gasteiger charge is 2.51. The van der Waals surface area contributed by atoms with Crippen LogP contribution in [-0.2, 0) is 29.7 Å². The summed E-state index contributed by atoms with van der Waals surface area (Å²) < 4.78 is 136. The van der Waals surface area contributed by atoms with E-state index in [0.29, 0.717) is 14.2 Å². The van der Waals surface area contributed by atoms with Crippen molar-refractivity contribution in [1.29, 1.82) is 0 Å². The van der Waals surface area contributed by atoms with E-state index in [9.17, 15) is 52.8 Å². The van der Waals surface area contributed by atoms with Crippen LogP contribution in [0.1, 0.15) is 20.7 Å². The Morgan fingerprint density at radius 3 is 1.65 bits per heavy atom. The van der Waals surface area contributed by atoms with Gasteiger partial charge in [-0.3, -0.25) is 0 Å². The first-order valence-electron chi connectivity index (χ1n) is 6.85. The van der Waals surface area contributed by atoms with Gasteiger partial charge in [-0.2, -0.15) is 43.2 Å². The summed E-state index contributed by atoms with van der Waals surface area (Å²) in [6, 6.07) is 0.0524. The van der Waals surface area contributed by atoms with Gasteiger partial charge in [0.15, 0.2) is 11.5 Å². The van der Waals surface area contributed by atoms with Crippen LogP contribution in [0.2, 0.25) is 5.02 Å². The number of methoxy groups -OCH3 is 2. The lowest BCUT2D eigenvalue weighted by molar-refractivity contribution is -0.0502. The maximum atomic E-state index is 12.7. The SMILES string of the molecule is COC(=O)c1cc(OS(=O)(=O)C(F)(F)F)c(Cl)c(OS(=O)(=O)C(F)(F)F)c1C(=O)OC. The molecule has 176 valence electrons. The molecule has 0 atom stereocenters. The van der Waals surface area contributed by atoms with E-state index in [1.165, 1.54) is 0 Å². The Hall–Kier alpha value is -2.47. The average Bonchev–Trinajstić information content (AvgIpc) is 2.61. The number of hydrogen-bond acceptors (Lipinski definition) is 10. The number of benzene rings is 1. The lowest BCUT2D eigenvalue weighted by Gasteiger charge is -2.18. The van der Waals surface area contributed by atoms with E-state index in [1.54, 1.807) is 0 Å². The number of hydrogen-bond donors (Lipinski definition) is 0. The van der Waals surface area contributed by atoms with Gasteiger partial charge in [0, 0.05) is 0 Å². The predicted octanol–water partition coefficient (Wildman–Crippen LogP) is 2.37. The lowest BCUT2D eigenvalue weighted by atomic mass is 10.1. The highest BCUT2D eigenvalue weighted by atomic mass is 35.5. The molecule has 0 amide bonds. The van der Waals surface area contributed by atoms with Gasteiger partial charge >= 0.3 is 43.2 Å². The molecular formula is C12H7ClF6O10S2. The molecule has 0 aliphatic heterocycles. The maximum Gasteiger partial charge on any atom is 0.534 e. The number of alkyl halides is 6. The van der Waals surface area contributed by atoms with Crippen LogP contribution >= 0.6 is 11.6 Å². The fourth-order valence-electron chi connectivity index (χ4n) is 1.65. The second kappa shape index (κ2) is 8.58. The van der Waals surface area contributed by atoms with E-state index in [4.69, 9.17) is 11.6 Å². The Balaban J connectivity index is 4.02. The highest BCUT2D eigenvalue weighted by molar-refractivity contribution is 7.88. The summed E-state index contributed by atoms with van der Waals surface area (Å²) in [4.78, 5) is 23.8. The highest BCUT2D eigenvalue weighted by Crippen LogP contribution is 2.44.